The van der Waals surface area contributed by atoms with Crippen molar-refractivity contribution in [3.8, 4) is 0 Å². The number of pyridine rings is 1. The van der Waals surface area contributed by atoms with Gasteiger partial charge in [0.1, 0.15) is 5.69 Å². The van der Waals surface area contributed by atoms with E-state index in [-0.39, 0.29) is 0 Å². The molecule has 0 saturated carbocycles. The number of para-hydroxylation sites is 1. The third-order valence-corrected chi connectivity index (χ3v) is 3.49. The van der Waals surface area contributed by atoms with E-state index in [1.54, 1.807) is 0 Å². The number of benzene rings is 1. The van der Waals surface area contributed by atoms with Crippen LogP contribution in [0.3, 0.4) is 0 Å². The molecular formula is C15H13N3. The van der Waals surface area contributed by atoms with Crippen molar-refractivity contribution in [2.45, 2.75) is 6.42 Å². The Hall–Kier alpha value is -2.29. The van der Waals surface area contributed by atoms with Crippen LogP contribution >= 0.6 is 0 Å². The molecule has 88 valence electrons. The molecule has 3 aromatic rings. The van der Waals surface area contributed by atoms with Gasteiger partial charge in [0.2, 0.25) is 0 Å². The predicted molar refractivity (Wildman–Crippen MR) is 74.2 cm³/mol. The second kappa shape index (κ2) is 3.60. The zero-order valence-corrected chi connectivity index (χ0v) is 9.90. The molecule has 0 radical (unpaired) electrons. The van der Waals surface area contributed by atoms with Gasteiger partial charge >= 0.3 is 0 Å². The number of nitrogens with one attached hydrogen (secondary N) is 2. The fourth-order valence-corrected chi connectivity index (χ4v) is 2.65. The van der Waals surface area contributed by atoms with Crippen molar-refractivity contribution >= 4 is 27.5 Å². The summed E-state index contributed by atoms with van der Waals surface area (Å²) in [6, 6.07) is 10.5. The van der Waals surface area contributed by atoms with E-state index in [2.05, 4.69) is 51.7 Å². The first-order valence-electron chi connectivity index (χ1n) is 6.23. The van der Waals surface area contributed by atoms with Crippen molar-refractivity contribution in [3.05, 3.63) is 48.3 Å². The lowest BCUT2D eigenvalue weighted by atomic mass is 10.1. The summed E-state index contributed by atoms with van der Waals surface area (Å²) in [5, 5.41) is 5.89. The van der Waals surface area contributed by atoms with Crippen molar-refractivity contribution in [2.24, 2.45) is 0 Å². The van der Waals surface area contributed by atoms with Crippen LogP contribution < -0.4 is 5.32 Å². The Morgan fingerprint density at radius 1 is 1.06 bits per heavy atom. The van der Waals surface area contributed by atoms with E-state index in [4.69, 9.17) is 0 Å². The molecule has 2 N–H and O–H groups in total. The minimum atomic E-state index is 1.01. The second-order valence-electron chi connectivity index (χ2n) is 4.59. The van der Waals surface area contributed by atoms with Crippen molar-refractivity contribution in [3.63, 3.8) is 0 Å². The lowest BCUT2D eigenvalue weighted by molar-refractivity contribution is 0.924. The minimum absolute atomic E-state index is 1.01. The Kier molecular flexibility index (Phi) is 1.94. The molecule has 1 aromatic carbocycles. The molecule has 1 aliphatic rings. The van der Waals surface area contributed by atoms with E-state index in [9.17, 15) is 0 Å². The number of aromatic nitrogens is 2. The molecule has 2 aromatic heterocycles. The average Bonchev–Trinajstić information content (AvgIpc) is 3.05. The Labute approximate surface area is 105 Å². The Bertz CT molecular complexity index is 768. The molecule has 0 amide bonds. The molecule has 0 unspecified atom stereocenters. The summed E-state index contributed by atoms with van der Waals surface area (Å²) in [6.45, 7) is 1.01. The van der Waals surface area contributed by atoms with Gasteiger partial charge in [0, 0.05) is 29.0 Å². The van der Waals surface area contributed by atoms with Crippen LogP contribution in [0.2, 0.25) is 0 Å². The van der Waals surface area contributed by atoms with E-state index in [0.29, 0.717) is 0 Å². The molecule has 0 saturated heterocycles. The quantitative estimate of drug-likeness (QED) is 0.680. The molecule has 4 rings (SSSR count). The van der Waals surface area contributed by atoms with Gasteiger partial charge in [0.15, 0.2) is 0 Å². The summed E-state index contributed by atoms with van der Waals surface area (Å²) >= 11 is 0. The highest BCUT2D eigenvalue weighted by Gasteiger charge is 2.13. The number of hydrogen-bond donors (Lipinski definition) is 2. The summed E-state index contributed by atoms with van der Waals surface area (Å²) < 4.78 is 0. The number of aromatic amines is 1. The van der Waals surface area contributed by atoms with Crippen molar-refractivity contribution in [2.75, 3.05) is 6.54 Å². The number of nitrogens with zero attached hydrogens (tertiary/aromatic N) is 1. The average molecular weight is 235 g/mol. The second-order valence-corrected chi connectivity index (χ2v) is 4.59. The van der Waals surface area contributed by atoms with Crippen LogP contribution in [0.15, 0.2) is 42.6 Å². The maximum Gasteiger partial charge on any atom is 0.110 e. The Morgan fingerprint density at radius 3 is 2.89 bits per heavy atom. The van der Waals surface area contributed by atoms with Gasteiger partial charge in [-0.2, -0.15) is 0 Å². The Morgan fingerprint density at radius 2 is 2.00 bits per heavy atom. The number of fused-ring (bicyclic) bond motifs is 3. The van der Waals surface area contributed by atoms with Crippen molar-refractivity contribution in [1.29, 1.82) is 0 Å². The zero-order chi connectivity index (χ0) is 11.9. The van der Waals surface area contributed by atoms with E-state index in [0.717, 1.165) is 29.9 Å². The third-order valence-electron chi connectivity index (χ3n) is 3.49. The predicted octanol–water partition coefficient (Wildman–Crippen LogP) is 3.05. The fourth-order valence-electron chi connectivity index (χ4n) is 2.65. The number of H-pyrrole nitrogens is 1. The lowest BCUT2D eigenvalue weighted by Crippen LogP contribution is -2.07. The highest BCUT2D eigenvalue weighted by Crippen LogP contribution is 2.29. The van der Waals surface area contributed by atoms with Gasteiger partial charge in [0.05, 0.1) is 11.2 Å². The summed E-state index contributed by atoms with van der Waals surface area (Å²) in [7, 11) is 0. The summed E-state index contributed by atoms with van der Waals surface area (Å²) in [5.41, 5.74) is 4.47. The molecule has 0 atom stereocenters. The molecule has 0 aliphatic carbocycles. The number of rotatable bonds is 1. The highest BCUT2D eigenvalue weighted by atomic mass is 14.9. The molecule has 3 heteroatoms. The fraction of sp³-hybridized carbons (Fsp3) is 0.133. The van der Waals surface area contributed by atoms with Crippen LogP contribution in [0.4, 0.5) is 0 Å². The molecule has 0 spiro atoms. The van der Waals surface area contributed by atoms with E-state index in [1.165, 1.54) is 16.3 Å². The van der Waals surface area contributed by atoms with Crippen LogP contribution in [-0.4, -0.2) is 16.5 Å². The largest absolute Gasteiger partial charge is 0.383 e. The van der Waals surface area contributed by atoms with Gasteiger partial charge in [-0.15, -0.1) is 0 Å². The first kappa shape index (κ1) is 9.71. The SMILES string of the molecule is C1=C(c2nccc3c2[nH]c2ccccc23)NCC1. The van der Waals surface area contributed by atoms with Crippen LogP contribution in [-0.2, 0) is 0 Å². The van der Waals surface area contributed by atoms with Gasteiger partial charge in [0.25, 0.3) is 0 Å². The normalized spacial score (nSPS) is 15.0. The van der Waals surface area contributed by atoms with E-state index < -0.39 is 0 Å². The summed E-state index contributed by atoms with van der Waals surface area (Å²) in [6.07, 6.45) is 5.18. The first-order chi connectivity index (χ1) is 8.93. The van der Waals surface area contributed by atoms with Crippen LogP contribution in [0, 0.1) is 0 Å². The first-order valence-corrected chi connectivity index (χ1v) is 6.23. The number of hydrogen-bond acceptors (Lipinski definition) is 2. The zero-order valence-electron chi connectivity index (χ0n) is 9.90. The van der Waals surface area contributed by atoms with Gasteiger partial charge in [-0.25, -0.2) is 0 Å². The van der Waals surface area contributed by atoms with E-state index in [1.807, 2.05) is 6.20 Å². The van der Waals surface area contributed by atoms with Crippen molar-refractivity contribution in [1.82, 2.24) is 15.3 Å². The van der Waals surface area contributed by atoms with Crippen LogP contribution in [0.5, 0.6) is 0 Å². The molecule has 0 bridgehead atoms. The van der Waals surface area contributed by atoms with Gasteiger partial charge in [-0.05, 0) is 18.6 Å². The molecule has 3 heterocycles. The topological polar surface area (TPSA) is 40.7 Å². The third kappa shape index (κ3) is 1.27. The molecule has 18 heavy (non-hydrogen) atoms. The molecular weight excluding hydrogens is 222 g/mol. The lowest BCUT2D eigenvalue weighted by Gasteiger charge is -2.04. The van der Waals surface area contributed by atoms with Crippen molar-refractivity contribution < 1.29 is 0 Å². The Balaban J connectivity index is 2.09. The maximum absolute atomic E-state index is 4.52. The van der Waals surface area contributed by atoms with E-state index >= 15 is 0 Å². The molecule has 3 nitrogen and oxygen atoms in total. The standard InChI is InChI=1S/C15H13N3/c1-2-5-12-10(4-1)11-7-9-17-15(14(11)18-12)13-6-3-8-16-13/h1-2,4-7,9,16,18H,3,8H2. The van der Waals surface area contributed by atoms with Gasteiger partial charge in [-0.1, -0.05) is 24.3 Å². The smallest absolute Gasteiger partial charge is 0.110 e. The van der Waals surface area contributed by atoms with Crippen LogP contribution in [0.25, 0.3) is 27.5 Å². The summed E-state index contributed by atoms with van der Waals surface area (Å²) in [4.78, 5) is 8.00. The molecule has 1 aliphatic heterocycles. The maximum atomic E-state index is 4.52. The monoisotopic (exact) mass is 235 g/mol. The van der Waals surface area contributed by atoms with Crippen LogP contribution in [0.1, 0.15) is 12.1 Å². The molecule has 0 fully saturated rings. The summed E-state index contributed by atoms with van der Waals surface area (Å²) in [5.74, 6) is 0. The van der Waals surface area contributed by atoms with Gasteiger partial charge in [-0.3, -0.25) is 4.98 Å². The minimum Gasteiger partial charge on any atom is -0.383 e. The van der Waals surface area contributed by atoms with Gasteiger partial charge < -0.3 is 10.3 Å². The highest BCUT2D eigenvalue weighted by molar-refractivity contribution is 6.09.